The molecule has 0 atom stereocenters. The summed E-state index contributed by atoms with van der Waals surface area (Å²) in [5, 5.41) is 2.42. The molecule has 100 valence electrons. The Bertz CT molecular complexity index is 543. The quantitative estimate of drug-likeness (QED) is 0.861. The van der Waals surface area contributed by atoms with Crippen LogP contribution in [0.5, 0.6) is 5.75 Å². The third-order valence-corrected chi connectivity index (χ3v) is 3.31. The van der Waals surface area contributed by atoms with E-state index in [4.69, 9.17) is 15.4 Å². The maximum absolute atomic E-state index is 11.2. The molecule has 0 spiro atoms. The summed E-state index contributed by atoms with van der Waals surface area (Å²) in [5.74, 6) is 0.0410. The minimum atomic E-state index is -3.90. The lowest BCUT2D eigenvalue weighted by atomic mass is 10.3. The number of hydrogen-bond donors (Lipinski definition) is 1. The van der Waals surface area contributed by atoms with E-state index in [1.54, 1.807) is 6.92 Å². The Hall–Kier alpha value is -1.47. The minimum absolute atomic E-state index is 0.0410. The first-order valence-corrected chi connectivity index (χ1v) is 7.26. The maximum atomic E-state index is 11.2. The van der Waals surface area contributed by atoms with Crippen molar-refractivity contribution in [3.63, 3.8) is 0 Å². The Kier molecular flexibility index (Phi) is 4.80. The van der Waals surface area contributed by atoms with Gasteiger partial charge in [-0.3, -0.25) is 5.32 Å². The standard InChI is InChI=1S/C10H12ClNO5S/c1-3-17-10(13)12-7-4-5-9(18(11,14)15)8(6-7)16-2/h4-6H,3H2,1-2H3,(H,12,13). The summed E-state index contributed by atoms with van der Waals surface area (Å²) in [4.78, 5) is 11.0. The van der Waals surface area contributed by atoms with Crippen molar-refractivity contribution in [2.24, 2.45) is 0 Å². The van der Waals surface area contributed by atoms with Gasteiger partial charge in [-0.2, -0.15) is 0 Å². The fourth-order valence-corrected chi connectivity index (χ4v) is 2.23. The number of benzene rings is 1. The monoisotopic (exact) mass is 293 g/mol. The molecule has 0 aliphatic rings. The van der Waals surface area contributed by atoms with Crippen LogP contribution < -0.4 is 10.1 Å². The predicted molar refractivity (Wildman–Crippen MR) is 66.7 cm³/mol. The lowest BCUT2D eigenvalue weighted by Gasteiger charge is -2.09. The first-order chi connectivity index (χ1) is 8.38. The van der Waals surface area contributed by atoms with Crippen LogP contribution in [0.2, 0.25) is 0 Å². The van der Waals surface area contributed by atoms with Crippen LogP contribution in [-0.2, 0) is 13.8 Å². The maximum Gasteiger partial charge on any atom is 0.411 e. The highest BCUT2D eigenvalue weighted by Crippen LogP contribution is 2.29. The van der Waals surface area contributed by atoms with Crippen LogP contribution in [0.4, 0.5) is 10.5 Å². The molecule has 1 aromatic carbocycles. The van der Waals surface area contributed by atoms with Crippen molar-refractivity contribution in [2.75, 3.05) is 19.0 Å². The van der Waals surface area contributed by atoms with Gasteiger partial charge in [-0.05, 0) is 19.1 Å². The predicted octanol–water partition coefficient (Wildman–Crippen LogP) is 2.19. The number of carbonyl (C=O) groups is 1. The zero-order valence-electron chi connectivity index (χ0n) is 9.77. The molecule has 1 amide bonds. The second kappa shape index (κ2) is 5.92. The highest BCUT2D eigenvalue weighted by Gasteiger charge is 2.17. The van der Waals surface area contributed by atoms with Crippen LogP contribution in [0.1, 0.15) is 6.92 Å². The van der Waals surface area contributed by atoms with E-state index >= 15 is 0 Å². The third kappa shape index (κ3) is 3.78. The number of amides is 1. The number of anilines is 1. The fourth-order valence-electron chi connectivity index (χ4n) is 1.23. The summed E-state index contributed by atoms with van der Waals surface area (Å²) in [5.41, 5.74) is 0.342. The number of ether oxygens (including phenoxy) is 2. The van der Waals surface area contributed by atoms with E-state index in [2.05, 4.69) is 10.1 Å². The summed E-state index contributed by atoms with van der Waals surface area (Å²) < 4.78 is 32.0. The zero-order chi connectivity index (χ0) is 13.8. The van der Waals surface area contributed by atoms with E-state index in [0.717, 1.165) is 0 Å². The van der Waals surface area contributed by atoms with Crippen LogP contribution in [0.15, 0.2) is 23.1 Å². The number of halogens is 1. The third-order valence-electron chi connectivity index (χ3n) is 1.95. The molecule has 0 saturated heterocycles. The van der Waals surface area contributed by atoms with Crippen molar-refractivity contribution in [3.05, 3.63) is 18.2 Å². The molecule has 6 nitrogen and oxygen atoms in total. The van der Waals surface area contributed by atoms with Crippen LogP contribution in [0.3, 0.4) is 0 Å². The van der Waals surface area contributed by atoms with Crippen LogP contribution in [-0.4, -0.2) is 28.2 Å². The van der Waals surface area contributed by atoms with Crippen molar-refractivity contribution < 1.29 is 22.7 Å². The van der Waals surface area contributed by atoms with Crippen molar-refractivity contribution >= 4 is 31.5 Å². The first-order valence-electron chi connectivity index (χ1n) is 4.95. The smallest absolute Gasteiger partial charge is 0.411 e. The largest absolute Gasteiger partial charge is 0.495 e. The normalized spacial score (nSPS) is 10.8. The Balaban J connectivity index is 3.03. The van der Waals surface area contributed by atoms with Gasteiger partial charge in [-0.25, -0.2) is 13.2 Å². The fraction of sp³-hybridized carbons (Fsp3) is 0.300. The van der Waals surface area contributed by atoms with Crippen LogP contribution in [0, 0.1) is 0 Å². The van der Waals surface area contributed by atoms with Gasteiger partial charge in [0.2, 0.25) is 0 Å². The number of nitrogens with one attached hydrogen (secondary N) is 1. The van der Waals surface area contributed by atoms with Crippen LogP contribution in [0.25, 0.3) is 0 Å². The van der Waals surface area contributed by atoms with E-state index in [0.29, 0.717) is 5.69 Å². The Morgan fingerprint density at radius 1 is 1.44 bits per heavy atom. The Morgan fingerprint density at radius 2 is 2.11 bits per heavy atom. The summed E-state index contributed by atoms with van der Waals surface area (Å²) in [6.45, 7) is 1.90. The van der Waals surface area contributed by atoms with Gasteiger partial charge in [-0.15, -0.1) is 0 Å². The highest BCUT2D eigenvalue weighted by atomic mass is 35.7. The van der Waals surface area contributed by atoms with E-state index < -0.39 is 15.1 Å². The van der Waals surface area contributed by atoms with Crippen molar-refractivity contribution in [3.8, 4) is 5.75 Å². The van der Waals surface area contributed by atoms with Crippen molar-refractivity contribution in [2.45, 2.75) is 11.8 Å². The molecule has 0 fully saturated rings. The number of methoxy groups -OCH3 is 1. The molecule has 0 bridgehead atoms. The van der Waals surface area contributed by atoms with Crippen LogP contribution >= 0.6 is 10.7 Å². The van der Waals surface area contributed by atoms with E-state index in [9.17, 15) is 13.2 Å². The SMILES string of the molecule is CCOC(=O)Nc1ccc(S(=O)(=O)Cl)c(OC)c1. The molecule has 0 heterocycles. The molecule has 0 unspecified atom stereocenters. The van der Waals surface area contributed by atoms with Gasteiger partial charge in [0, 0.05) is 22.4 Å². The average molecular weight is 294 g/mol. The number of rotatable bonds is 4. The molecule has 0 aromatic heterocycles. The van der Waals surface area contributed by atoms with E-state index in [-0.39, 0.29) is 17.3 Å². The highest BCUT2D eigenvalue weighted by molar-refractivity contribution is 8.13. The molecule has 1 rings (SSSR count). The lowest BCUT2D eigenvalue weighted by molar-refractivity contribution is 0.168. The van der Waals surface area contributed by atoms with Gasteiger partial charge >= 0.3 is 6.09 Å². The minimum Gasteiger partial charge on any atom is -0.495 e. The molecule has 18 heavy (non-hydrogen) atoms. The summed E-state index contributed by atoms with van der Waals surface area (Å²) in [6.07, 6.45) is -0.638. The summed E-state index contributed by atoms with van der Waals surface area (Å²) in [6, 6.07) is 3.96. The summed E-state index contributed by atoms with van der Waals surface area (Å²) in [7, 11) is 2.63. The molecule has 1 N–H and O–H groups in total. The Labute approximate surface area is 109 Å². The lowest BCUT2D eigenvalue weighted by Crippen LogP contribution is -2.13. The van der Waals surface area contributed by atoms with Gasteiger partial charge in [0.25, 0.3) is 9.05 Å². The van der Waals surface area contributed by atoms with E-state index in [1.807, 2.05) is 0 Å². The molecule has 0 saturated carbocycles. The zero-order valence-corrected chi connectivity index (χ0v) is 11.3. The first kappa shape index (κ1) is 14.6. The molecule has 8 heteroatoms. The average Bonchev–Trinajstić information content (AvgIpc) is 2.27. The number of hydrogen-bond acceptors (Lipinski definition) is 5. The number of carbonyl (C=O) groups excluding carboxylic acids is 1. The van der Waals surface area contributed by atoms with Gasteiger partial charge in [0.15, 0.2) is 0 Å². The molecule has 0 radical (unpaired) electrons. The molecular formula is C10H12ClNO5S. The molecule has 1 aromatic rings. The molecule has 0 aliphatic carbocycles. The molecular weight excluding hydrogens is 282 g/mol. The van der Waals surface area contributed by atoms with Gasteiger partial charge < -0.3 is 9.47 Å². The van der Waals surface area contributed by atoms with Gasteiger partial charge in [-0.1, -0.05) is 0 Å². The van der Waals surface area contributed by atoms with Gasteiger partial charge in [0.1, 0.15) is 10.6 Å². The topological polar surface area (TPSA) is 81.7 Å². The Morgan fingerprint density at radius 3 is 2.61 bits per heavy atom. The second-order valence-electron chi connectivity index (χ2n) is 3.15. The van der Waals surface area contributed by atoms with Crippen molar-refractivity contribution in [1.82, 2.24) is 0 Å². The second-order valence-corrected chi connectivity index (χ2v) is 5.68. The molecule has 0 aliphatic heterocycles. The van der Waals surface area contributed by atoms with E-state index in [1.165, 1.54) is 25.3 Å². The summed E-state index contributed by atoms with van der Waals surface area (Å²) >= 11 is 0. The van der Waals surface area contributed by atoms with Crippen molar-refractivity contribution in [1.29, 1.82) is 0 Å². The van der Waals surface area contributed by atoms with Gasteiger partial charge in [0.05, 0.1) is 13.7 Å².